The van der Waals surface area contributed by atoms with Crippen LogP contribution in [-0.4, -0.2) is 23.5 Å². The summed E-state index contributed by atoms with van der Waals surface area (Å²) < 4.78 is 59.6. The molecule has 2 aromatic rings. The first-order valence-electron chi connectivity index (χ1n) is 4.55. The molecule has 0 radical (unpaired) electrons. The Balaban J connectivity index is 2.41. The average Bonchev–Trinajstić information content (AvgIpc) is 2.77. The lowest BCUT2D eigenvalue weighted by molar-refractivity contribution is -0.137. The van der Waals surface area contributed by atoms with Crippen molar-refractivity contribution in [3.05, 3.63) is 36.3 Å². The maximum absolute atomic E-state index is 12.5. The van der Waals surface area contributed by atoms with Crippen LogP contribution in [0.1, 0.15) is 5.56 Å². The van der Waals surface area contributed by atoms with Crippen LogP contribution < -0.4 is 0 Å². The molecule has 0 amide bonds. The van der Waals surface area contributed by atoms with Crippen molar-refractivity contribution < 1.29 is 21.9 Å². The van der Waals surface area contributed by atoms with Crippen molar-refractivity contribution in [2.45, 2.75) is 11.1 Å². The summed E-state index contributed by atoms with van der Waals surface area (Å²) in [5.74, 6) is -0.110. The second kappa shape index (κ2) is 4.50. The lowest BCUT2D eigenvalue weighted by Gasteiger charge is -2.07. The van der Waals surface area contributed by atoms with Crippen molar-refractivity contribution in [2.24, 2.45) is 0 Å². The molecule has 0 fully saturated rings. The van der Waals surface area contributed by atoms with Gasteiger partial charge in [0.1, 0.15) is 0 Å². The minimum absolute atomic E-state index is 0.110. The van der Waals surface area contributed by atoms with E-state index in [0.717, 1.165) is 35.4 Å². The Bertz CT molecular complexity index is 597. The van der Waals surface area contributed by atoms with Gasteiger partial charge in [0.05, 0.1) is 16.7 Å². The normalized spacial score (nSPS) is 13.6. The lowest BCUT2D eigenvalue weighted by atomic mass is 10.2. The number of hydrogen-bond acceptors (Lipinski definition) is 4. The maximum atomic E-state index is 12.5. The van der Waals surface area contributed by atoms with E-state index in [4.69, 9.17) is 0 Å². The molecule has 2 aromatic heterocycles. The molecule has 0 aromatic carbocycles. The summed E-state index contributed by atoms with van der Waals surface area (Å²) in [6.07, 6.45) is -1.42. The molecule has 0 saturated heterocycles. The van der Waals surface area contributed by atoms with E-state index in [1.165, 1.54) is 0 Å². The summed E-state index contributed by atoms with van der Waals surface area (Å²) in [7, 11) is 0. The zero-order chi connectivity index (χ0) is 13.3. The van der Waals surface area contributed by atoms with Gasteiger partial charge >= 0.3 is 6.18 Å². The van der Waals surface area contributed by atoms with E-state index >= 15 is 0 Å². The van der Waals surface area contributed by atoms with Crippen LogP contribution in [-0.2, 0) is 17.3 Å². The van der Waals surface area contributed by atoms with Crippen LogP contribution in [0.5, 0.6) is 0 Å². The smallest absolute Gasteiger partial charge is 0.416 e. The highest BCUT2D eigenvalue weighted by molar-refractivity contribution is 7.79. The number of pyridine rings is 1. The predicted molar refractivity (Wildman–Crippen MR) is 53.5 cm³/mol. The molecule has 2 rings (SSSR count). The van der Waals surface area contributed by atoms with Crippen LogP contribution in [0.15, 0.2) is 35.6 Å². The molecule has 96 valence electrons. The van der Waals surface area contributed by atoms with Gasteiger partial charge in [-0.05, 0) is 23.2 Å². The van der Waals surface area contributed by atoms with E-state index in [2.05, 4.69) is 10.1 Å². The van der Waals surface area contributed by atoms with Gasteiger partial charge in [-0.3, -0.25) is 4.21 Å². The van der Waals surface area contributed by atoms with Gasteiger partial charge in [-0.15, -0.1) is 0 Å². The Kier molecular flexibility index (Phi) is 3.18. The van der Waals surface area contributed by atoms with Gasteiger partial charge in [-0.25, -0.2) is 9.67 Å². The molecule has 9 heteroatoms. The van der Waals surface area contributed by atoms with Gasteiger partial charge in [0.2, 0.25) is 0 Å². The fourth-order valence-electron chi connectivity index (χ4n) is 1.24. The Labute approximate surface area is 102 Å². The van der Waals surface area contributed by atoms with Crippen LogP contribution in [0.2, 0.25) is 0 Å². The molecule has 0 saturated carbocycles. The highest BCUT2D eigenvalue weighted by Gasteiger charge is 2.30. The molecular formula is C9H5F3N3O2S-. The van der Waals surface area contributed by atoms with Gasteiger partial charge in [-0.1, -0.05) is 0 Å². The first-order valence-corrected chi connectivity index (χ1v) is 5.63. The molecule has 0 aliphatic carbocycles. The Morgan fingerprint density at radius 1 is 1.39 bits per heavy atom. The van der Waals surface area contributed by atoms with Gasteiger partial charge in [-0.2, -0.15) is 18.3 Å². The van der Waals surface area contributed by atoms with Gasteiger partial charge in [0.25, 0.3) is 0 Å². The standard InChI is InChI=1S/C9H6F3N3O2S/c10-9(11,12)6-1-2-13-8(3-6)15-5-7(4-14-15)18(16)17/h1-5H,(H,16,17)/p-1. The van der Waals surface area contributed by atoms with Crippen LogP contribution in [0.4, 0.5) is 13.2 Å². The third-order valence-electron chi connectivity index (χ3n) is 2.06. The Morgan fingerprint density at radius 3 is 2.67 bits per heavy atom. The largest absolute Gasteiger partial charge is 0.768 e. The van der Waals surface area contributed by atoms with E-state index < -0.39 is 22.8 Å². The number of rotatable bonds is 2. The molecule has 0 bridgehead atoms. The number of aromatic nitrogens is 3. The molecule has 0 N–H and O–H groups in total. The zero-order valence-electron chi connectivity index (χ0n) is 8.59. The monoisotopic (exact) mass is 276 g/mol. The molecule has 0 aliphatic heterocycles. The highest BCUT2D eigenvalue weighted by Crippen LogP contribution is 2.29. The first kappa shape index (κ1) is 12.7. The van der Waals surface area contributed by atoms with E-state index in [1.807, 2.05) is 0 Å². The van der Waals surface area contributed by atoms with Crippen LogP contribution in [0.25, 0.3) is 5.82 Å². The predicted octanol–water partition coefficient (Wildman–Crippen LogP) is 1.52. The Morgan fingerprint density at radius 2 is 2.11 bits per heavy atom. The number of nitrogens with zero attached hydrogens (tertiary/aromatic N) is 3. The fourth-order valence-corrected chi connectivity index (χ4v) is 1.56. The number of halogens is 3. The fraction of sp³-hybridized carbons (Fsp3) is 0.111. The van der Waals surface area contributed by atoms with Crippen molar-refractivity contribution in [2.75, 3.05) is 0 Å². The quantitative estimate of drug-likeness (QED) is 0.780. The molecular weight excluding hydrogens is 271 g/mol. The molecule has 1 unspecified atom stereocenters. The molecule has 18 heavy (non-hydrogen) atoms. The van der Waals surface area contributed by atoms with E-state index in [1.54, 1.807) is 0 Å². The molecule has 0 aliphatic rings. The second-order valence-corrected chi connectivity index (χ2v) is 4.20. The van der Waals surface area contributed by atoms with E-state index in [-0.39, 0.29) is 10.7 Å². The van der Waals surface area contributed by atoms with Crippen molar-refractivity contribution in [1.29, 1.82) is 0 Å². The van der Waals surface area contributed by atoms with E-state index in [9.17, 15) is 21.9 Å². The maximum Gasteiger partial charge on any atom is 0.416 e. The van der Waals surface area contributed by atoms with Gasteiger partial charge < -0.3 is 4.55 Å². The summed E-state index contributed by atoms with van der Waals surface area (Å²) >= 11 is -2.49. The van der Waals surface area contributed by atoms with Crippen LogP contribution >= 0.6 is 0 Å². The van der Waals surface area contributed by atoms with Crippen molar-refractivity contribution in [3.63, 3.8) is 0 Å². The topological polar surface area (TPSA) is 70.8 Å². The third-order valence-corrected chi connectivity index (χ3v) is 2.65. The zero-order valence-corrected chi connectivity index (χ0v) is 9.40. The second-order valence-electron chi connectivity index (χ2n) is 3.26. The molecule has 1 atom stereocenters. The number of alkyl halides is 3. The van der Waals surface area contributed by atoms with E-state index in [0.29, 0.717) is 0 Å². The number of hydrogen-bond donors (Lipinski definition) is 0. The SMILES string of the molecule is O=S([O-])c1cnn(-c2cc(C(F)(F)F)ccn2)c1. The Hall–Kier alpha value is -1.74. The first-order chi connectivity index (χ1) is 8.38. The van der Waals surface area contributed by atoms with Crippen LogP contribution in [0.3, 0.4) is 0 Å². The summed E-state index contributed by atoms with van der Waals surface area (Å²) in [5.41, 5.74) is -0.882. The lowest BCUT2D eigenvalue weighted by Crippen LogP contribution is -2.07. The molecule has 5 nitrogen and oxygen atoms in total. The van der Waals surface area contributed by atoms with Crippen LogP contribution in [0, 0.1) is 0 Å². The van der Waals surface area contributed by atoms with Gasteiger partial charge in [0, 0.05) is 12.4 Å². The molecule has 0 spiro atoms. The van der Waals surface area contributed by atoms with Crippen molar-refractivity contribution >= 4 is 11.1 Å². The average molecular weight is 276 g/mol. The van der Waals surface area contributed by atoms with Gasteiger partial charge in [0.15, 0.2) is 5.82 Å². The summed E-state index contributed by atoms with van der Waals surface area (Å²) in [4.78, 5) is 3.56. The summed E-state index contributed by atoms with van der Waals surface area (Å²) in [5, 5.41) is 3.62. The third kappa shape index (κ3) is 2.57. The minimum atomic E-state index is -4.49. The van der Waals surface area contributed by atoms with Crippen molar-refractivity contribution in [1.82, 2.24) is 14.8 Å². The summed E-state index contributed by atoms with van der Waals surface area (Å²) in [6.45, 7) is 0. The minimum Gasteiger partial charge on any atom is -0.768 e. The highest BCUT2D eigenvalue weighted by atomic mass is 32.2. The summed E-state index contributed by atoms with van der Waals surface area (Å²) in [6, 6.07) is 1.60. The molecule has 2 heterocycles. The van der Waals surface area contributed by atoms with Crippen molar-refractivity contribution in [3.8, 4) is 5.82 Å².